The van der Waals surface area contributed by atoms with Crippen LogP contribution in [0.15, 0.2) is 16.8 Å². The minimum absolute atomic E-state index is 0.323. The van der Waals surface area contributed by atoms with Gasteiger partial charge in [-0.25, -0.2) is 0 Å². The van der Waals surface area contributed by atoms with E-state index in [9.17, 15) is 5.11 Å². The third-order valence-corrected chi connectivity index (χ3v) is 4.34. The summed E-state index contributed by atoms with van der Waals surface area (Å²) in [5, 5.41) is 18.0. The second kappa shape index (κ2) is 6.53. The molecular weight excluding hydrogens is 230 g/mol. The summed E-state index contributed by atoms with van der Waals surface area (Å²) in [5.74, 6) is 0.323. The number of hydrogen-bond donors (Lipinski definition) is 2. The van der Waals surface area contributed by atoms with Gasteiger partial charge < -0.3 is 10.4 Å². The maximum absolute atomic E-state index is 10.3. The third-order valence-electron chi connectivity index (χ3n) is 3.60. The highest BCUT2D eigenvalue weighted by Crippen LogP contribution is 2.19. The van der Waals surface area contributed by atoms with Gasteiger partial charge in [-0.3, -0.25) is 0 Å². The van der Waals surface area contributed by atoms with Crippen molar-refractivity contribution >= 4 is 11.3 Å². The lowest BCUT2D eigenvalue weighted by Gasteiger charge is -2.31. The predicted octanol–water partition coefficient (Wildman–Crippen LogP) is 3.07. The van der Waals surface area contributed by atoms with Crippen molar-refractivity contribution in [3.05, 3.63) is 22.4 Å². The predicted molar refractivity (Wildman–Crippen MR) is 75.6 cm³/mol. The molecule has 17 heavy (non-hydrogen) atoms. The summed E-state index contributed by atoms with van der Waals surface area (Å²) in [6.07, 6.45) is 2.04. The van der Waals surface area contributed by atoms with E-state index in [1.807, 2.05) is 6.92 Å². The van der Waals surface area contributed by atoms with E-state index in [-0.39, 0.29) is 0 Å². The van der Waals surface area contributed by atoms with E-state index >= 15 is 0 Å². The van der Waals surface area contributed by atoms with E-state index in [0.717, 1.165) is 12.8 Å². The average Bonchev–Trinajstić information content (AvgIpc) is 2.78. The van der Waals surface area contributed by atoms with Gasteiger partial charge in [0.05, 0.1) is 5.60 Å². The Hall–Kier alpha value is -0.380. The van der Waals surface area contributed by atoms with Crippen molar-refractivity contribution in [3.63, 3.8) is 0 Å². The van der Waals surface area contributed by atoms with Gasteiger partial charge in [0.25, 0.3) is 0 Å². The number of rotatable bonds is 7. The van der Waals surface area contributed by atoms with Crippen LogP contribution in [0.2, 0.25) is 0 Å². The molecule has 0 aromatic carbocycles. The van der Waals surface area contributed by atoms with Crippen LogP contribution in [0.5, 0.6) is 0 Å². The van der Waals surface area contributed by atoms with Crippen molar-refractivity contribution in [2.24, 2.45) is 5.92 Å². The smallest absolute Gasteiger partial charge is 0.0768 e. The fourth-order valence-corrected chi connectivity index (χ4v) is 2.51. The Balaban J connectivity index is 2.34. The molecule has 0 saturated heterocycles. The standard InChI is InChI=1S/C14H25NOS/c1-5-11(2)14(4,16)10-15-12(3)8-13-6-7-17-9-13/h6-7,9,11-12,15-16H,5,8,10H2,1-4H3. The Bertz CT molecular complexity index is 308. The van der Waals surface area contributed by atoms with Crippen molar-refractivity contribution in [1.82, 2.24) is 5.32 Å². The van der Waals surface area contributed by atoms with Gasteiger partial charge in [-0.05, 0) is 48.6 Å². The van der Waals surface area contributed by atoms with Gasteiger partial charge >= 0.3 is 0 Å². The highest BCUT2D eigenvalue weighted by molar-refractivity contribution is 7.07. The quantitative estimate of drug-likeness (QED) is 0.785. The van der Waals surface area contributed by atoms with E-state index in [1.54, 1.807) is 11.3 Å². The van der Waals surface area contributed by atoms with Gasteiger partial charge in [-0.2, -0.15) is 11.3 Å². The Morgan fingerprint density at radius 1 is 1.47 bits per heavy atom. The van der Waals surface area contributed by atoms with Crippen LogP contribution in [0.4, 0.5) is 0 Å². The number of aliphatic hydroxyl groups is 1. The summed E-state index contributed by atoms with van der Waals surface area (Å²) in [5.41, 5.74) is 0.760. The molecule has 3 atom stereocenters. The van der Waals surface area contributed by atoms with Gasteiger partial charge in [0.2, 0.25) is 0 Å². The lowest BCUT2D eigenvalue weighted by molar-refractivity contribution is 0.00371. The van der Waals surface area contributed by atoms with Crippen LogP contribution < -0.4 is 5.32 Å². The molecule has 1 heterocycles. The topological polar surface area (TPSA) is 32.3 Å². The average molecular weight is 255 g/mol. The molecule has 2 N–H and O–H groups in total. The molecule has 3 unspecified atom stereocenters. The summed E-state index contributed by atoms with van der Waals surface area (Å²) < 4.78 is 0. The van der Waals surface area contributed by atoms with Crippen molar-refractivity contribution in [3.8, 4) is 0 Å². The molecule has 3 heteroatoms. The van der Waals surface area contributed by atoms with Crippen LogP contribution in [-0.4, -0.2) is 23.3 Å². The Kier molecular flexibility index (Phi) is 5.63. The van der Waals surface area contributed by atoms with Crippen LogP contribution in [0.25, 0.3) is 0 Å². The largest absolute Gasteiger partial charge is 0.389 e. The molecule has 2 nitrogen and oxygen atoms in total. The maximum atomic E-state index is 10.3. The molecule has 0 radical (unpaired) electrons. The fourth-order valence-electron chi connectivity index (χ4n) is 1.83. The summed E-state index contributed by atoms with van der Waals surface area (Å²) in [6, 6.07) is 2.57. The number of thiophene rings is 1. The van der Waals surface area contributed by atoms with Gasteiger partial charge in [-0.1, -0.05) is 20.3 Å². The third kappa shape index (κ3) is 4.78. The first-order valence-electron chi connectivity index (χ1n) is 6.42. The van der Waals surface area contributed by atoms with E-state index in [4.69, 9.17) is 0 Å². The SMILES string of the molecule is CCC(C)C(C)(O)CNC(C)Cc1ccsc1. The Morgan fingerprint density at radius 2 is 2.18 bits per heavy atom. The highest BCUT2D eigenvalue weighted by Gasteiger charge is 2.26. The Morgan fingerprint density at radius 3 is 2.71 bits per heavy atom. The van der Waals surface area contributed by atoms with E-state index in [2.05, 4.69) is 42.9 Å². The molecule has 0 aliphatic rings. The molecule has 98 valence electrons. The minimum Gasteiger partial charge on any atom is -0.389 e. The molecule has 0 bridgehead atoms. The first-order valence-corrected chi connectivity index (χ1v) is 7.36. The molecule has 0 aliphatic carbocycles. The van der Waals surface area contributed by atoms with Crippen molar-refractivity contribution in [1.29, 1.82) is 0 Å². The van der Waals surface area contributed by atoms with Crippen molar-refractivity contribution in [2.75, 3.05) is 6.54 Å². The van der Waals surface area contributed by atoms with Crippen LogP contribution in [0.1, 0.15) is 39.7 Å². The summed E-state index contributed by atoms with van der Waals surface area (Å²) in [4.78, 5) is 0. The van der Waals surface area contributed by atoms with Gasteiger partial charge in [0.15, 0.2) is 0 Å². The highest BCUT2D eigenvalue weighted by atomic mass is 32.1. The zero-order valence-electron chi connectivity index (χ0n) is 11.4. The first kappa shape index (κ1) is 14.7. The lowest BCUT2D eigenvalue weighted by atomic mass is 9.88. The molecule has 0 amide bonds. The molecule has 0 saturated carbocycles. The Labute approximate surface area is 109 Å². The maximum Gasteiger partial charge on any atom is 0.0768 e. The molecule has 0 aliphatic heterocycles. The van der Waals surface area contributed by atoms with Gasteiger partial charge in [0.1, 0.15) is 0 Å². The van der Waals surface area contributed by atoms with Crippen LogP contribution in [-0.2, 0) is 6.42 Å². The van der Waals surface area contributed by atoms with Crippen molar-refractivity contribution in [2.45, 2.75) is 52.2 Å². The van der Waals surface area contributed by atoms with Gasteiger partial charge in [0, 0.05) is 12.6 Å². The molecular formula is C14H25NOS. The first-order chi connectivity index (χ1) is 7.95. The van der Waals surface area contributed by atoms with Crippen molar-refractivity contribution < 1.29 is 5.11 Å². The summed E-state index contributed by atoms with van der Waals surface area (Å²) in [7, 11) is 0. The molecule has 0 fully saturated rings. The zero-order chi connectivity index (χ0) is 12.9. The summed E-state index contributed by atoms with van der Waals surface area (Å²) in [6.45, 7) is 8.97. The zero-order valence-corrected chi connectivity index (χ0v) is 12.2. The second-order valence-electron chi connectivity index (χ2n) is 5.28. The molecule has 1 aromatic rings. The molecule has 1 rings (SSSR count). The van der Waals surface area contributed by atoms with E-state index in [1.165, 1.54) is 5.56 Å². The second-order valence-corrected chi connectivity index (χ2v) is 6.06. The molecule has 1 aromatic heterocycles. The number of hydrogen-bond acceptors (Lipinski definition) is 3. The molecule has 0 spiro atoms. The lowest BCUT2D eigenvalue weighted by Crippen LogP contribution is -2.46. The van der Waals surface area contributed by atoms with Crippen LogP contribution >= 0.6 is 11.3 Å². The van der Waals surface area contributed by atoms with E-state index in [0.29, 0.717) is 18.5 Å². The van der Waals surface area contributed by atoms with Crippen LogP contribution in [0.3, 0.4) is 0 Å². The normalized spacial score (nSPS) is 18.6. The summed E-state index contributed by atoms with van der Waals surface area (Å²) >= 11 is 1.74. The number of nitrogens with one attached hydrogen (secondary N) is 1. The van der Waals surface area contributed by atoms with Gasteiger partial charge in [-0.15, -0.1) is 0 Å². The van der Waals surface area contributed by atoms with E-state index < -0.39 is 5.60 Å². The fraction of sp³-hybridized carbons (Fsp3) is 0.714. The monoisotopic (exact) mass is 255 g/mol. The minimum atomic E-state index is -0.613. The van der Waals surface area contributed by atoms with Crippen LogP contribution in [0, 0.1) is 5.92 Å².